The van der Waals surface area contributed by atoms with Crippen molar-refractivity contribution < 1.29 is 8.42 Å². The van der Waals surface area contributed by atoms with Crippen LogP contribution in [0.15, 0.2) is 71.6 Å². The molecule has 0 aliphatic rings. The van der Waals surface area contributed by atoms with Crippen LogP contribution in [0, 0.1) is 20.8 Å². The van der Waals surface area contributed by atoms with E-state index in [9.17, 15) is 8.42 Å². The van der Waals surface area contributed by atoms with Gasteiger partial charge in [0.15, 0.2) is 0 Å². The summed E-state index contributed by atoms with van der Waals surface area (Å²) in [7, 11) is -1.83. The third-order valence-corrected chi connectivity index (χ3v) is 6.69. The van der Waals surface area contributed by atoms with Gasteiger partial charge in [-0.25, -0.2) is 8.42 Å². The number of anilines is 1. The summed E-state index contributed by atoms with van der Waals surface area (Å²) in [6.07, 6.45) is 0. The van der Waals surface area contributed by atoms with Gasteiger partial charge in [-0.1, -0.05) is 59.7 Å². The van der Waals surface area contributed by atoms with Gasteiger partial charge < -0.3 is 4.57 Å². The SMILES string of the molecule is Cc1ccc(S(=O)(=O)Nc2c(-c3cc(C)ccc3C)c3ccccc3n2C)cc1. The number of para-hydroxylation sites is 1. The molecule has 0 amide bonds. The Hall–Kier alpha value is -3.05. The Morgan fingerprint density at radius 1 is 0.828 bits per heavy atom. The quantitative estimate of drug-likeness (QED) is 0.483. The molecular formula is C24H24N2O2S. The van der Waals surface area contributed by atoms with Crippen LogP contribution in [0.3, 0.4) is 0 Å². The second kappa shape index (κ2) is 7.08. The number of nitrogens with zero attached hydrogens (tertiary/aromatic N) is 1. The highest BCUT2D eigenvalue weighted by molar-refractivity contribution is 7.92. The van der Waals surface area contributed by atoms with Gasteiger partial charge >= 0.3 is 0 Å². The van der Waals surface area contributed by atoms with Gasteiger partial charge in [-0.05, 0) is 50.1 Å². The highest BCUT2D eigenvalue weighted by atomic mass is 32.2. The highest BCUT2D eigenvalue weighted by Gasteiger charge is 2.23. The Balaban J connectivity index is 1.96. The molecule has 0 bridgehead atoms. The summed E-state index contributed by atoms with van der Waals surface area (Å²) >= 11 is 0. The molecular weight excluding hydrogens is 380 g/mol. The summed E-state index contributed by atoms with van der Waals surface area (Å²) in [5.41, 5.74) is 6.16. The van der Waals surface area contributed by atoms with Crippen molar-refractivity contribution in [2.24, 2.45) is 7.05 Å². The van der Waals surface area contributed by atoms with Crippen LogP contribution in [0.25, 0.3) is 22.0 Å². The number of aryl methyl sites for hydroxylation is 4. The molecule has 1 aromatic heterocycles. The molecule has 1 N–H and O–H groups in total. The molecule has 0 radical (unpaired) electrons. The lowest BCUT2D eigenvalue weighted by Crippen LogP contribution is -2.15. The van der Waals surface area contributed by atoms with E-state index in [1.165, 1.54) is 0 Å². The maximum Gasteiger partial charge on any atom is 0.263 e. The summed E-state index contributed by atoms with van der Waals surface area (Å²) in [6, 6.07) is 21.1. The van der Waals surface area contributed by atoms with Crippen LogP contribution >= 0.6 is 0 Å². The molecule has 4 rings (SSSR count). The maximum absolute atomic E-state index is 13.2. The van der Waals surface area contributed by atoms with Crippen LogP contribution in [0.2, 0.25) is 0 Å². The molecule has 0 fully saturated rings. The number of aromatic nitrogens is 1. The van der Waals surface area contributed by atoms with Crippen molar-refractivity contribution in [1.82, 2.24) is 4.57 Å². The summed E-state index contributed by atoms with van der Waals surface area (Å²) in [5, 5.41) is 1.02. The first kappa shape index (κ1) is 19.3. The van der Waals surface area contributed by atoms with Crippen LogP contribution in [0.5, 0.6) is 0 Å². The van der Waals surface area contributed by atoms with Crippen molar-refractivity contribution in [2.45, 2.75) is 25.7 Å². The number of hydrogen-bond acceptors (Lipinski definition) is 2. The van der Waals surface area contributed by atoms with Crippen molar-refractivity contribution in [3.63, 3.8) is 0 Å². The summed E-state index contributed by atoms with van der Waals surface area (Å²) < 4.78 is 31.1. The van der Waals surface area contributed by atoms with E-state index in [4.69, 9.17) is 0 Å². The van der Waals surface area contributed by atoms with Gasteiger partial charge in [0.2, 0.25) is 0 Å². The van der Waals surface area contributed by atoms with Crippen molar-refractivity contribution in [1.29, 1.82) is 0 Å². The number of fused-ring (bicyclic) bond motifs is 1. The second-order valence-corrected chi connectivity index (χ2v) is 9.22. The minimum Gasteiger partial charge on any atom is -0.329 e. The molecule has 0 saturated carbocycles. The van der Waals surface area contributed by atoms with E-state index in [0.29, 0.717) is 5.82 Å². The first-order valence-corrected chi connectivity index (χ1v) is 11.0. The van der Waals surface area contributed by atoms with Crippen LogP contribution in [-0.4, -0.2) is 13.0 Å². The second-order valence-electron chi connectivity index (χ2n) is 7.54. The maximum atomic E-state index is 13.2. The van der Waals surface area contributed by atoms with E-state index in [-0.39, 0.29) is 4.90 Å². The van der Waals surface area contributed by atoms with Gasteiger partial charge in [-0.2, -0.15) is 0 Å². The molecule has 4 aromatic rings. The zero-order valence-electron chi connectivity index (χ0n) is 17.0. The van der Waals surface area contributed by atoms with E-state index in [0.717, 1.165) is 38.7 Å². The van der Waals surface area contributed by atoms with Gasteiger partial charge in [-0.15, -0.1) is 0 Å². The fraction of sp³-hybridized carbons (Fsp3) is 0.167. The molecule has 1 heterocycles. The molecule has 0 saturated heterocycles. The smallest absolute Gasteiger partial charge is 0.263 e. The molecule has 148 valence electrons. The Morgan fingerprint density at radius 2 is 1.48 bits per heavy atom. The molecule has 5 heteroatoms. The van der Waals surface area contributed by atoms with Crippen LogP contribution in [0.1, 0.15) is 16.7 Å². The molecule has 3 aromatic carbocycles. The molecule has 0 aliphatic carbocycles. The zero-order chi connectivity index (χ0) is 20.8. The summed E-state index contributed by atoms with van der Waals surface area (Å²) in [6.45, 7) is 6.03. The van der Waals surface area contributed by atoms with E-state index in [1.54, 1.807) is 12.1 Å². The van der Waals surface area contributed by atoms with Gasteiger partial charge in [-0.3, -0.25) is 4.72 Å². The Morgan fingerprint density at radius 3 is 2.21 bits per heavy atom. The van der Waals surface area contributed by atoms with Crippen LogP contribution in [-0.2, 0) is 17.1 Å². The first-order chi connectivity index (χ1) is 13.8. The predicted octanol–water partition coefficient (Wildman–Crippen LogP) is 5.57. The van der Waals surface area contributed by atoms with Crippen LogP contribution in [0.4, 0.5) is 5.82 Å². The number of nitrogens with one attached hydrogen (secondary N) is 1. The first-order valence-electron chi connectivity index (χ1n) is 9.52. The molecule has 0 aliphatic heterocycles. The fourth-order valence-corrected chi connectivity index (χ4v) is 4.80. The number of sulfonamides is 1. The van der Waals surface area contributed by atoms with E-state index < -0.39 is 10.0 Å². The largest absolute Gasteiger partial charge is 0.329 e. The summed E-state index contributed by atoms with van der Waals surface area (Å²) in [4.78, 5) is 0.250. The normalized spacial score (nSPS) is 11.7. The lowest BCUT2D eigenvalue weighted by atomic mass is 9.97. The Kier molecular flexibility index (Phi) is 4.71. The number of rotatable bonds is 4. The molecule has 0 atom stereocenters. The van der Waals surface area contributed by atoms with Gasteiger partial charge in [0.1, 0.15) is 5.82 Å². The van der Waals surface area contributed by atoms with E-state index >= 15 is 0 Å². The average molecular weight is 405 g/mol. The van der Waals surface area contributed by atoms with Crippen molar-refractivity contribution in [3.05, 3.63) is 83.4 Å². The fourth-order valence-electron chi connectivity index (χ4n) is 3.69. The molecule has 0 unspecified atom stereocenters. The topological polar surface area (TPSA) is 51.1 Å². The number of benzene rings is 3. The lowest BCUT2D eigenvalue weighted by molar-refractivity contribution is 0.600. The molecule has 0 spiro atoms. The summed E-state index contributed by atoms with van der Waals surface area (Å²) in [5.74, 6) is 0.570. The highest BCUT2D eigenvalue weighted by Crippen LogP contribution is 2.40. The molecule has 4 nitrogen and oxygen atoms in total. The van der Waals surface area contributed by atoms with Crippen molar-refractivity contribution in [3.8, 4) is 11.1 Å². The monoisotopic (exact) mass is 404 g/mol. The lowest BCUT2D eigenvalue weighted by Gasteiger charge is -2.14. The third-order valence-electron chi connectivity index (χ3n) is 5.33. The van der Waals surface area contributed by atoms with E-state index in [2.05, 4.69) is 29.8 Å². The van der Waals surface area contributed by atoms with Crippen LogP contribution < -0.4 is 4.72 Å². The zero-order valence-corrected chi connectivity index (χ0v) is 17.8. The predicted molar refractivity (Wildman–Crippen MR) is 120 cm³/mol. The minimum absolute atomic E-state index is 0.250. The number of hydrogen-bond donors (Lipinski definition) is 1. The Labute approximate surface area is 171 Å². The molecule has 29 heavy (non-hydrogen) atoms. The van der Waals surface area contributed by atoms with E-state index in [1.807, 2.05) is 61.9 Å². The van der Waals surface area contributed by atoms with Gasteiger partial charge in [0, 0.05) is 18.0 Å². The van der Waals surface area contributed by atoms with Gasteiger partial charge in [0.05, 0.1) is 10.4 Å². The standard InChI is InChI=1S/C24H24N2O2S/c1-16-10-13-19(14-11-16)29(27,28)25-24-23(21-15-17(2)9-12-18(21)3)20-7-5-6-8-22(20)26(24)4/h5-15,25H,1-4H3. The van der Waals surface area contributed by atoms with Crippen molar-refractivity contribution >= 4 is 26.7 Å². The minimum atomic E-state index is -3.72. The Bertz CT molecular complexity index is 1320. The third kappa shape index (κ3) is 3.42. The average Bonchev–Trinajstić information content (AvgIpc) is 2.96. The van der Waals surface area contributed by atoms with Gasteiger partial charge in [0.25, 0.3) is 10.0 Å². The van der Waals surface area contributed by atoms with Crippen molar-refractivity contribution in [2.75, 3.05) is 4.72 Å².